The largest absolute Gasteiger partial charge is 0.258 e. The Labute approximate surface area is 122 Å². The minimum absolute atomic E-state index is 0.880. The van der Waals surface area contributed by atoms with Gasteiger partial charge < -0.3 is 0 Å². The Balaban J connectivity index is 2.31. The molecule has 0 unspecified atom stereocenters. The first kappa shape index (κ1) is 14.5. The second kappa shape index (κ2) is 6.04. The van der Waals surface area contributed by atoms with E-state index in [1.807, 2.05) is 0 Å². The van der Waals surface area contributed by atoms with Crippen LogP contribution in [0, 0.1) is 13.8 Å². The fourth-order valence-electron chi connectivity index (χ4n) is 2.43. The van der Waals surface area contributed by atoms with Crippen molar-refractivity contribution in [2.24, 2.45) is 0 Å². The third-order valence-corrected chi connectivity index (χ3v) is 3.81. The predicted molar refractivity (Wildman–Crippen MR) is 87.0 cm³/mol. The summed E-state index contributed by atoms with van der Waals surface area (Å²) in [6.07, 6.45) is 1.93. The number of aryl methyl sites for hydroxylation is 3. The monoisotopic (exact) mass is 265 g/mol. The molecule has 1 heteroatoms. The molecule has 104 valence electrons. The number of pyridine rings is 1. The van der Waals surface area contributed by atoms with Crippen LogP contribution in [0.3, 0.4) is 0 Å². The van der Waals surface area contributed by atoms with Crippen molar-refractivity contribution in [3.05, 3.63) is 70.6 Å². The maximum Gasteiger partial charge on any atom is 0.0450 e. The van der Waals surface area contributed by atoms with Crippen LogP contribution in [0.15, 0.2) is 36.9 Å². The molecule has 1 aromatic carbocycles. The molecule has 0 N–H and O–H groups in total. The van der Waals surface area contributed by atoms with Gasteiger partial charge in [-0.1, -0.05) is 43.3 Å². The predicted octanol–water partition coefficient (Wildman–Crippen LogP) is 4.88. The van der Waals surface area contributed by atoms with Crippen molar-refractivity contribution in [2.75, 3.05) is 0 Å². The molecule has 0 saturated heterocycles. The van der Waals surface area contributed by atoms with Gasteiger partial charge in [0.15, 0.2) is 0 Å². The number of hydrogen-bond donors (Lipinski definition) is 0. The third-order valence-electron chi connectivity index (χ3n) is 3.81. The lowest BCUT2D eigenvalue weighted by molar-refractivity contribution is 1.01. The van der Waals surface area contributed by atoms with Gasteiger partial charge in [0.2, 0.25) is 0 Å². The van der Waals surface area contributed by atoms with E-state index in [9.17, 15) is 0 Å². The van der Waals surface area contributed by atoms with Gasteiger partial charge in [-0.2, -0.15) is 0 Å². The number of rotatable bonds is 4. The van der Waals surface area contributed by atoms with Gasteiger partial charge in [-0.25, -0.2) is 0 Å². The van der Waals surface area contributed by atoms with E-state index in [4.69, 9.17) is 0 Å². The molecular weight excluding hydrogens is 242 g/mol. The van der Waals surface area contributed by atoms with Crippen LogP contribution in [0.2, 0.25) is 0 Å². The van der Waals surface area contributed by atoms with Gasteiger partial charge in [-0.15, -0.1) is 0 Å². The highest BCUT2D eigenvalue weighted by atomic mass is 14.7. The van der Waals surface area contributed by atoms with Crippen LogP contribution in [0.25, 0.3) is 5.57 Å². The van der Waals surface area contributed by atoms with Crippen LogP contribution in [0.4, 0.5) is 0 Å². The summed E-state index contributed by atoms with van der Waals surface area (Å²) in [6.45, 7) is 12.5. The maximum absolute atomic E-state index is 4.66. The first-order valence-electron chi connectivity index (χ1n) is 7.22. The van der Waals surface area contributed by atoms with Crippen molar-refractivity contribution in [3.8, 4) is 0 Å². The molecule has 0 atom stereocenters. The van der Waals surface area contributed by atoms with Crippen molar-refractivity contribution >= 4 is 5.57 Å². The highest BCUT2D eigenvalue weighted by Gasteiger charge is 2.05. The molecular formula is C19H23N. The summed E-state index contributed by atoms with van der Waals surface area (Å²) in [7, 11) is 0. The van der Waals surface area contributed by atoms with Gasteiger partial charge in [-0.05, 0) is 55.5 Å². The van der Waals surface area contributed by atoms with E-state index in [2.05, 4.69) is 69.6 Å². The lowest BCUT2D eigenvalue weighted by atomic mass is 9.95. The minimum Gasteiger partial charge on any atom is -0.258 e. The topological polar surface area (TPSA) is 12.9 Å². The van der Waals surface area contributed by atoms with E-state index in [0.29, 0.717) is 0 Å². The second-order valence-electron chi connectivity index (χ2n) is 5.51. The molecule has 0 amide bonds. The number of allylic oxidation sites excluding steroid dienone is 1. The SMILES string of the molecule is C=C(C)c1cc(Cc2ccc(C)c(C)n2)ccc1CC. The molecule has 0 aliphatic heterocycles. The zero-order valence-corrected chi connectivity index (χ0v) is 13.0. The molecule has 0 fully saturated rings. The summed E-state index contributed by atoms with van der Waals surface area (Å²) in [6, 6.07) is 11.0. The van der Waals surface area contributed by atoms with Gasteiger partial charge in [0.1, 0.15) is 0 Å². The van der Waals surface area contributed by atoms with Crippen molar-refractivity contribution < 1.29 is 0 Å². The smallest absolute Gasteiger partial charge is 0.0450 e. The van der Waals surface area contributed by atoms with Gasteiger partial charge in [-0.3, -0.25) is 4.98 Å². The van der Waals surface area contributed by atoms with Gasteiger partial charge in [0.25, 0.3) is 0 Å². The number of hydrogen-bond acceptors (Lipinski definition) is 1. The average Bonchev–Trinajstić information content (AvgIpc) is 2.43. The summed E-state index contributed by atoms with van der Waals surface area (Å²) < 4.78 is 0. The average molecular weight is 265 g/mol. The van der Waals surface area contributed by atoms with Crippen LogP contribution in [0.1, 0.15) is 47.5 Å². The molecule has 20 heavy (non-hydrogen) atoms. The molecule has 2 rings (SSSR count). The lowest BCUT2D eigenvalue weighted by Crippen LogP contribution is -1.98. The highest BCUT2D eigenvalue weighted by molar-refractivity contribution is 5.65. The Morgan fingerprint density at radius 2 is 1.90 bits per heavy atom. The lowest BCUT2D eigenvalue weighted by Gasteiger charge is -2.11. The van der Waals surface area contributed by atoms with Gasteiger partial charge in [0, 0.05) is 17.8 Å². The molecule has 0 saturated carbocycles. The Hall–Kier alpha value is -1.89. The van der Waals surface area contributed by atoms with Crippen LogP contribution < -0.4 is 0 Å². The fourth-order valence-corrected chi connectivity index (χ4v) is 2.43. The Kier molecular flexibility index (Phi) is 4.39. The Bertz CT molecular complexity index is 638. The van der Waals surface area contributed by atoms with E-state index in [-0.39, 0.29) is 0 Å². The van der Waals surface area contributed by atoms with Crippen LogP contribution in [-0.4, -0.2) is 4.98 Å². The molecule has 2 aromatic rings. The molecule has 0 aliphatic carbocycles. The normalized spacial score (nSPS) is 10.6. The van der Waals surface area contributed by atoms with Crippen molar-refractivity contribution in [3.63, 3.8) is 0 Å². The first-order chi connectivity index (χ1) is 9.51. The van der Waals surface area contributed by atoms with Crippen molar-refractivity contribution in [2.45, 2.75) is 40.5 Å². The van der Waals surface area contributed by atoms with Gasteiger partial charge >= 0.3 is 0 Å². The van der Waals surface area contributed by atoms with Crippen molar-refractivity contribution in [1.82, 2.24) is 4.98 Å². The molecule has 1 nitrogen and oxygen atoms in total. The summed E-state index contributed by atoms with van der Waals surface area (Å²) in [5, 5.41) is 0. The Morgan fingerprint density at radius 1 is 1.15 bits per heavy atom. The van der Waals surface area contributed by atoms with E-state index in [1.54, 1.807) is 0 Å². The number of aromatic nitrogens is 1. The fraction of sp³-hybridized carbons (Fsp3) is 0.316. The molecule has 0 radical (unpaired) electrons. The van der Waals surface area contributed by atoms with E-state index in [0.717, 1.165) is 29.8 Å². The summed E-state index contributed by atoms with van der Waals surface area (Å²) in [4.78, 5) is 4.66. The summed E-state index contributed by atoms with van der Waals surface area (Å²) in [5.41, 5.74) is 8.59. The van der Waals surface area contributed by atoms with E-state index >= 15 is 0 Å². The van der Waals surface area contributed by atoms with Crippen LogP contribution >= 0.6 is 0 Å². The minimum atomic E-state index is 0.880. The molecule has 1 aromatic heterocycles. The maximum atomic E-state index is 4.66. The quantitative estimate of drug-likeness (QED) is 0.767. The van der Waals surface area contributed by atoms with E-state index in [1.165, 1.54) is 22.3 Å². The third kappa shape index (κ3) is 3.16. The standard InChI is InChI=1S/C19H23N/c1-6-17-9-8-16(12-19(17)13(2)3)11-18-10-7-14(4)15(5)20-18/h7-10,12H,2,6,11H2,1,3-5H3. The molecule has 0 spiro atoms. The van der Waals surface area contributed by atoms with Crippen LogP contribution in [0.5, 0.6) is 0 Å². The van der Waals surface area contributed by atoms with Crippen molar-refractivity contribution in [1.29, 1.82) is 0 Å². The number of benzene rings is 1. The first-order valence-corrected chi connectivity index (χ1v) is 7.22. The summed E-state index contributed by atoms with van der Waals surface area (Å²) >= 11 is 0. The number of nitrogens with zero attached hydrogens (tertiary/aromatic N) is 1. The molecule has 1 heterocycles. The zero-order valence-electron chi connectivity index (χ0n) is 13.0. The molecule has 0 aliphatic rings. The zero-order chi connectivity index (χ0) is 14.7. The highest BCUT2D eigenvalue weighted by Crippen LogP contribution is 2.21. The van der Waals surface area contributed by atoms with Crippen LogP contribution in [-0.2, 0) is 12.8 Å². The Morgan fingerprint density at radius 3 is 2.50 bits per heavy atom. The van der Waals surface area contributed by atoms with E-state index < -0.39 is 0 Å². The summed E-state index contributed by atoms with van der Waals surface area (Å²) in [5.74, 6) is 0. The van der Waals surface area contributed by atoms with Gasteiger partial charge in [0.05, 0.1) is 0 Å². The second-order valence-corrected chi connectivity index (χ2v) is 5.51. The molecule has 0 bridgehead atoms.